The number of nitrogens with zero attached hydrogens (tertiary/aromatic N) is 3. The Morgan fingerprint density at radius 2 is 2.05 bits per heavy atom. The quantitative estimate of drug-likeness (QED) is 0.857. The highest BCUT2D eigenvalue weighted by atomic mass is 35.5. The first-order valence-electron chi connectivity index (χ1n) is 6.32. The molecule has 0 amide bonds. The number of halogens is 1. The smallest absolute Gasteiger partial charge is 0.0860 e. The van der Waals surface area contributed by atoms with Crippen LogP contribution in [0.25, 0.3) is 0 Å². The van der Waals surface area contributed by atoms with Gasteiger partial charge in [-0.2, -0.15) is 5.10 Å². The van der Waals surface area contributed by atoms with E-state index < -0.39 is 0 Å². The Labute approximate surface area is 117 Å². The van der Waals surface area contributed by atoms with Crippen LogP contribution in [0.4, 0.5) is 5.69 Å². The summed E-state index contributed by atoms with van der Waals surface area (Å²) in [6.07, 6.45) is 0. The molecular weight excluding hydrogens is 260 g/mol. The largest absolute Gasteiger partial charge is 0.399 e. The van der Waals surface area contributed by atoms with Crippen LogP contribution in [0.15, 0.2) is 18.2 Å². The predicted molar refractivity (Wildman–Crippen MR) is 76.8 cm³/mol. The van der Waals surface area contributed by atoms with E-state index in [4.69, 9.17) is 17.3 Å². The van der Waals surface area contributed by atoms with E-state index in [1.54, 1.807) is 0 Å². The molecule has 0 radical (unpaired) electrons. The Morgan fingerprint density at radius 1 is 1.32 bits per heavy atom. The van der Waals surface area contributed by atoms with Crippen molar-refractivity contribution < 1.29 is 0 Å². The van der Waals surface area contributed by atoms with E-state index in [1.807, 2.05) is 24.7 Å². The third-order valence-electron chi connectivity index (χ3n) is 3.65. The van der Waals surface area contributed by atoms with E-state index in [0.29, 0.717) is 0 Å². The molecule has 2 heterocycles. The van der Waals surface area contributed by atoms with Gasteiger partial charge in [0.25, 0.3) is 0 Å². The maximum Gasteiger partial charge on any atom is 0.0860 e. The number of fused-ring (bicyclic) bond motifs is 1. The number of anilines is 1. The van der Waals surface area contributed by atoms with Crippen LogP contribution >= 0.6 is 11.6 Å². The fourth-order valence-corrected chi connectivity index (χ4v) is 2.88. The van der Waals surface area contributed by atoms with Crippen LogP contribution in [0.3, 0.4) is 0 Å². The number of rotatable bonds is 2. The summed E-state index contributed by atoms with van der Waals surface area (Å²) in [5.74, 6) is 0. The predicted octanol–water partition coefficient (Wildman–Crippen LogP) is 2.48. The zero-order chi connectivity index (χ0) is 13.6. The van der Waals surface area contributed by atoms with Crippen molar-refractivity contribution in [2.75, 3.05) is 5.73 Å². The molecule has 0 aliphatic carbocycles. The van der Waals surface area contributed by atoms with Crippen molar-refractivity contribution in [2.45, 2.75) is 26.6 Å². The minimum absolute atomic E-state index is 0.776. The van der Waals surface area contributed by atoms with E-state index in [-0.39, 0.29) is 0 Å². The van der Waals surface area contributed by atoms with Gasteiger partial charge in [0.05, 0.1) is 16.4 Å². The summed E-state index contributed by atoms with van der Waals surface area (Å²) >= 11 is 6.30. The minimum atomic E-state index is 0.776. The standard InChI is InChI=1S/C14H17ClN4/c1-9-14(15)13(18(2)17-9)8-19-6-10-3-4-12(16)5-11(10)7-19/h3-5H,6-8,16H2,1-2H3. The van der Waals surface area contributed by atoms with E-state index in [2.05, 4.69) is 22.1 Å². The normalized spacial score (nSPS) is 14.9. The minimum Gasteiger partial charge on any atom is -0.399 e. The summed E-state index contributed by atoms with van der Waals surface area (Å²) in [4.78, 5) is 2.35. The highest BCUT2D eigenvalue weighted by Gasteiger charge is 2.22. The molecule has 5 heteroatoms. The van der Waals surface area contributed by atoms with Gasteiger partial charge in [-0.05, 0) is 30.2 Å². The Morgan fingerprint density at radius 3 is 2.74 bits per heavy atom. The van der Waals surface area contributed by atoms with Crippen molar-refractivity contribution >= 4 is 17.3 Å². The fraction of sp³-hybridized carbons (Fsp3) is 0.357. The third kappa shape index (κ3) is 2.22. The van der Waals surface area contributed by atoms with Crippen molar-refractivity contribution in [2.24, 2.45) is 7.05 Å². The molecule has 1 aromatic heterocycles. The Balaban J connectivity index is 1.80. The van der Waals surface area contributed by atoms with E-state index in [9.17, 15) is 0 Å². The first kappa shape index (κ1) is 12.5. The van der Waals surface area contributed by atoms with Crippen LogP contribution in [0.5, 0.6) is 0 Å². The van der Waals surface area contributed by atoms with Crippen molar-refractivity contribution in [3.8, 4) is 0 Å². The zero-order valence-electron chi connectivity index (χ0n) is 11.2. The maximum absolute atomic E-state index is 6.30. The van der Waals surface area contributed by atoms with Crippen LogP contribution in [-0.4, -0.2) is 14.7 Å². The summed E-state index contributed by atoms with van der Waals surface area (Å²) in [5.41, 5.74) is 11.3. The van der Waals surface area contributed by atoms with Crippen molar-refractivity contribution in [1.29, 1.82) is 0 Å². The van der Waals surface area contributed by atoms with E-state index in [1.165, 1.54) is 11.1 Å². The average molecular weight is 277 g/mol. The highest BCUT2D eigenvalue weighted by Crippen LogP contribution is 2.28. The summed E-state index contributed by atoms with van der Waals surface area (Å²) in [6.45, 7) is 4.60. The lowest BCUT2D eigenvalue weighted by molar-refractivity contribution is 0.268. The van der Waals surface area contributed by atoms with Gasteiger partial charge in [-0.25, -0.2) is 0 Å². The molecule has 0 unspecified atom stereocenters. The molecule has 1 aliphatic rings. The first-order valence-corrected chi connectivity index (χ1v) is 6.70. The lowest BCUT2D eigenvalue weighted by atomic mass is 10.1. The van der Waals surface area contributed by atoms with Crippen molar-refractivity contribution in [3.63, 3.8) is 0 Å². The van der Waals surface area contributed by atoms with Gasteiger partial charge in [0, 0.05) is 32.4 Å². The van der Waals surface area contributed by atoms with Gasteiger partial charge in [0.15, 0.2) is 0 Å². The van der Waals surface area contributed by atoms with Crippen LogP contribution in [0.1, 0.15) is 22.5 Å². The number of nitrogen functional groups attached to an aromatic ring is 1. The average Bonchev–Trinajstić information content (AvgIpc) is 2.85. The van der Waals surface area contributed by atoms with Gasteiger partial charge < -0.3 is 5.73 Å². The Bertz CT molecular complexity index is 633. The molecule has 2 aromatic rings. The summed E-state index contributed by atoms with van der Waals surface area (Å²) < 4.78 is 1.87. The molecule has 0 saturated carbocycles. The second kappa shape index (κ2) is 4.54. The molecule has 4 nitrogen and oxygen atoms in total. The van der Waals surface area contributed by atoms with Gasteiger partial charge in [-0.3, -0.25) is 9.58 Å². The molecule has 2 N–H and O–H groups in total. The molecule has 0 bridgehead atoms. The molecule has 3 rings (SSSR count). The molecule has 19 heavy (non-hydrogen) atoms. The SMILES string of the molecule is Cc1nn(C)c(CN2Cc3ccc(N)cc3C2)c1Cl. The molecule has 1 aliphatic heterocycles. The molecular formula is C14H17ClN4. The number of benzene rings is 1. The summed E-state index contributed by atoms with van der Waals surface area (Å²) in [6, 6.07) is 6.13. The number of hydrogen-bond donors (Lipinski definition) is 1. The molecule has 100 valence electrons. The monoisotopic (exact) mass is 276 g/mol. The van der Waals surface area contributed by atoms with Crippen LogP contribution in [0, 0.1) is 6.92 Å². The fourth-order valence-electron chi connectivity index (χ4n) is 2.66. The molecule has 1 aromatic carbocycles. The first-order chi connectivity index (χ1) is 9.04. The Hall–Kier alpha value is -1.52. The maximum atomic E-state index is 6.30. The topological polar surface area (TPSA) is 47.1 Å². The number of nitrogens with two attached hydrogens (primary N) is 1. The number of hydrogen-bond acceptors (Lipinski definition) is 3. The van der Waals surface area contributed by atoms with Gasteiger partial charge in [0.1, 0.15) is 0 Å². The van der Waals surface area contributed by atoms with Crippen molar-refractivity contribution in [1.82, 2.24) is 14.7 Å². The van der Waals surface area contributed by atoms with Gasteiger partial charge in [-0.1, -0.05) is 17.7 Å². The summed E-state index contributed by atoms with van der Waals surface area (Å²) in [7, 11) is 1.94. The number of aryl methyl sites for hydroxylation is 2. The zero-order valence-corrected chi connectivity index (χ0v) is 11.9. The van der Waals surface area contributed by atoms with E-state index in [0.717, 1.165) is 41.7 Å². The van der Waals surface area contributed by atoms with Crippen molar-refractivity contribution in [3.05, 3.63) is 45.7 Å². The molecule has 0 spiro atoms. The lowest BCUT2D eigenvalue weighted by Crippen LogP contribution is -2.18. The van der Waals surface area contributed by atoms with Crippen LogP contribution < -0.4 is 5.73 Å². The highest BCUT2D eigenvalue weighted by molar-refractivity contribution is 6.31. The Kier molecular flexibility index (Phi) is 2.99. The van der Waals surface area contributed by atoms with Gasteiger partial charge >= 0.3 is 0 Å². The molecule has 0 fully saturated rings. The lowest BCUT2D eigenvalue weighted by Gasteiger charge is -2.15. The third-order valence-corrected chi connectivity index (χ3v) is 4.14. The molecule has 0 atom stereocenters. The van der Waals surface area contributed by atoms with Crippen LogP contribution in [-0.2, 0) is 26.7 Å². The van der Waals surface area contributed by atoms with Gasteiger partial charge in [-0.15, -0.1) is 0 Å². The second-order valence-corrected chi connectivity index (χ2v) is 5.52. The van der Waals surface area contributed by atoms with Gasteiger partial charge in [0.2, 0.25) is 0 Å². The molecule has 0 saturated heterocycles. The van der Waals surface area contributed by atoms with E-state index >= 15 is 0 Å². The number of aromatic nitrogens is 2. The van der Waals surface area contributed by atoms with Crippen LogP contribution in [0.2, 0.25) is 5.02 Å². The summed E-state index contributed by atoms with van der Waals surface area (Å²) in [5, 5.41) is 5.13. The second-order valence-electron chi connectivity index (χ2n) is 5.14.